The number of carbonyl (C=O) groups is 4. The maximum Gasteiger partial charge on any atom is 0.341 e. The van der Waals surface area contributed by atoms with E-state index in [2.05, 4.69) is 17.4 Å². The number of methoxy groups -OCH3 is 1. The molecule has 204 valence electrons. The molecule has 1 N–H and O–H groups in total. The molecule has 8 nitrogen and oxygen atoms in total. The van der Waals surface area contributed by atoms with Gasteiger partial charge in [-0.3, -0.25) is 14.4 Å². The first-order valence-electron chi connectivity index (χ1n) is 12.9. The van der Waals surface area contributed by atoms with Crippen LogP contribution in [0.5, 0.6) is 5.75 Å². The first kappa shape index (κ1) is 28.0. The van der Waals surface area contributed by atoms with Crippen molar-refractivity contribution in [3.8, 4) is 5.75 Å². The van der Waals surface area contributed by atoms with Gasteiger partial charge in [0.25, 0.3) is 0 Å². The molecule has 9 heteroatoms. The number of benzene rings is 2. The zero-order valence-corrected chi connectivity index (χ0v) is 22.8. The quantitative estimate of drug-likeness (QED) is 0.254. The number of rotatable bonds is 11. The Morgan fingerprint density at radius 2 is 1.79 bits per heavy atom. The van der Waals surface area contributed by atoms with E-state index in [0.29, 0.717) is 34.2 Å². The van der Waals surface area contributed by atoms with Gasteiger partial charge < -0.3 is 19.5 Å². The lowest BCUT2D eigenvalue weighted by molar-refractivity contribution is -0.143. The van der Waals surface area contributed by atoms with Crippen LogP contribution in [0.1, 0.15) is 68.8 Å². The molecule has 1 unspecified atom stereocenters. The number of fused-ring (bicyclic) bond motifs is 1. The van der Waals surface area contributed by atoms with Crippen LogP contribution in [0.3, 0.4) is 0 Å². The molecule has 4 rings (SSSR count). The fourth-order valence-electron chi connectivity index (χ4n) is 4.61. The Labute approximate surface area is 231 Å². The van der Waals surface area contributed by atoms with Crippen LogP contribution in [-0.2, 0) is 31.9 Å². The van der Waals surface area contributed by atoms with Gasteiger partial charge in [-0.15, -0.1) is 11.3 Å². The molecular formula is C30H31NO7S. The van der Waals surface area contributed by atoms with Gasteiger partial charge in [-0.2, -0.15) is 0 Å². The van der Waals surface area contributed by atoms with Crippen molar-refractivity contribution in [3.63, 3.8) is 0 Å². The number of anilines is 1. The zero-order chi connectivity index (χ0) is 27.8. The number of carbonyl (C=O) groups excluding carboxylic acids is 4. The van der Waals surface area contributed by atoms with E-state index < -0.39 is 24.5 Å². The molecule has 1 aromatic heterocycles. The van der Waals surface area contributed by atoms with Gasteiger partial charge >= 0.3 is 11.9 Å². The molecular weight excluding hydrogens is 518 g/mol. The predicted octanol–water partition coefficient (Wildman–Crippen LogP) is 5.35. The Bertz CT molecular complexity index is 1350. The van der Waals surface area contributed by atoms with Crippen molar-refractivity contribution in [1.29, 1.82) is 0 Å². The lowest BCUT2D eigenvalue weighted by Gasteiger charge is -2.23. The number of nitrogens with one attached hydrogen (secondary N) is 1. The SMILES string of the molecule is CCOC(=O)c1c(NC(=O)CCC(=O)OCC(=O)c2cccc(OC)c2)sc2c1CCC(c1ccccc1)C2. The van der Waals surface area contributed by atoms with Crippen LogP contribution in [0.25, 0.3) is 0 Å². The topological polar surface area (TPSA) is 108 Å². The molecule has 0 bridgehead atoms. The minimum Gasteiger partial charge on any atom is -0.497 e. The molecule has 1 amide bonds. The Balaban J connectivity index is 1.36. The highest BCUT2D eigenvalue weighted by Gasteiger charge is 2.31. The Kier molecular flexibility index (Phi) is 9.49. The fourth-order valence-corrected chi connectivity index (χ4v) is 5.94. The maximum atomic E-state index is 12.8. The Morgan fingerprint density at radius 3 is 2.54 bits per heavy atom. The molecule has 0 saturated heterocycles. The average molecular weight is 550 g/mol. The minimum absolute atomic E-state index is 0.149. The molecule has 39 heavy (non-hydrogen) atoms. The number of thiophene rings is 1. The van der Waals surface area contributed by atoms with E-state index in [0.717, 1.165) is 23.3 Å². The van der Waals surface area contributed by atoms with Gasteiger partial charge in [0.2, 0.25) is 5.91 Å². The van der Waals surface area contributed by atoms with Crippen LogP contribution in [0, 0.1) is 0 Å². The summed E-state index contributed by atoms with van der Waals surface area (Å²) in [6.45, 7) is 1.54. The fraction of sp³-hybridized carbons (Fsp3) is 0.333. The monoisotopic (exact) mass is 549 g/mol. The largest absolute Gasteiger partial charge is 0.497 e. The van der Waals surface area contributed by atoms with Gasteiger partial charge in [0.15, 0.2) is 12.4 Å². The molecule has 1 aliphatic rings. The molecule has 0 aliphatic heterocycles. The molecule has 1 heterocycles. The Morgan fingerprint density at radius 1 is 1.00 bits per heavy atom. The molecule has 0 spiro atoms. The highest BCUT2D eigenvalue weighted by Crippen LogP contribution is 2.42. The van der Waals surface area contributed by atoms with Crippen LogP contribution >= 0.6 is 11.3 Å². The van der Waals surface area contributed by atoms with Gasteiger partial charge in [0, 0.05) is 16.9 Å². The molecule has 0 saturated carbocycles. The van der Waals surface area contributed by atoms with Crippen molar-refractivity contribution in [1.82, 2.24) is 0 Å². The van der Waals surface area contributed by atoms with E-state index in [1.807, 2.05) is 18.2 Å². The zero-order valence-electron chi connectivity index (χ0n) is 22.0. The number of amides is 1. The molecule has 1 aliphatic carbocycles. The van der Waals surface area contributed by atoms with Crippen molar-refractivity contribution >= 4 is 40.0 Å². The second-order valence-electron chi connectivity index (χ2n) is 9.14. The summed E-state index contributed by atoms with van der Waals surface area (Å²) in [5.41, 5.74) is 2.95. The van der Waals surface area contributed by atoms with Crippen LogP contribution in [0.2, 0.25) is 0 Å². The van der Waals surface area contributed by atoms with Crippen LogP contribution < -0.4 is 10.1 Å². The summed E-state index contributed by atoms with van der Waals surface area (Å²) in [7, 11) is 1.50. The summed E-state index contributed by atoms with van der Waals surface area (Å²) in [6, 6.07) is 16.8. The van der Waals surface area contributed by atoms with Crippen molar-refractivity contribution in [2.75, 3.05) is 25.6 Å². The number of Topliss-reactive ketones (excluding diaryl/α,β-unsaturated/α-hetero) is 1. The van der Waals surface area contributed by atoms with Crippen molar-refractivity contribution in [2.45, 2.75) is 44.9 Å². The second-order valence-corrected chi connectivity index (χ2v) is 10.2. The third kappa shape index (κ3) is 7.11. The number of ether oxygens (including phenoxy) is 3. The van der Waals surface area contributed by atoms with E-state index in [-0.39, 0.29) is 25.2 Å². The van der Waals surface area contributed by atoms with E-state index in [1.165, 1.54) is 24.0 Å². The van der Waals surface area contributed by atoms with Crippen LogP contribution in [-0.4, -0.2) is 44.0 Å². The van der Waals surface area contributed by atoms with Crippen LogP contribution in [0.4, 0.5) is 5.00 Å². The van der Waals surface area contributed by atoms with Gasteiger partial charge in [-0.1, -0.05) is 42.5 Å². The summed E-state index contributed by atoms with van der Waals surface area (Å²) in [5.74, 6) is -1.05. The van der Waals surface area contributed by atoms with Crippen molar-refractivity contribution < 1.29 is 33.4 Å². The molecule has 0 radical (unpaired) electrons. The lowest BCUT2D eigenvalue weighted by Crippen LogP contribution is -2.19. The smallest absolute Gasteiger partial charge is 0.341 e. The third-order valence-corrected chi connectivity index (χ3v) is 7.75. The van der Waals surface area contributed by atoms with Gasteiger partial charge in [-0.25, -0.2) is 4.79 Å². The predicted molar refractivity (Wildman–Crippen MR) is 148 cm³/mol. The van der Waals surface area contributed by atoms with E-state index in [1.54, 1.807) is 31.2 Å². The highest BCUT2D eigenvalue weighted by molar-refractivity contribution is 7.17. The summed E-state index contributed by atoms with van der Waals surface area (Å²) in [4.78, 5) is 51.1. The van der Waals surface area contributed by atoms with E-state index in [4.69, 9.17) is 14.2 Å². The number of hydrogen-bond acceptors (Lipinski definition) is 8. The lowest BCUT2D eigenvalue weighted by atomic mass is 9.83. The number of hydrogen-bond donors (Lipinski definition) is 1. The first-order valence-corrected chi connectivity index (χ1v) is 13.7. The minimum atomic E-state index is -0.664. The molecule has 0 fully saturated rings. The molecule has 1 atom stereocenters. The summed E-state index contributed by atoms with van der Waals surface area (Å²) < 4.78 is 15.5. The number of esters is 2. The average Bonchev–Trinajstić information content (AvgIpc) is 3.32. The van der Waals surface area contributed by atoms with Gasteiger partial charge in [0.1, 0.15) is 10.8 Å². The summed E-state index contributed by atoms with van der Waals surface area (Å²) in [6.07, 6.45) is 2.04. The van der Waals surface area contributed by atoms with Crippen molar-refractivity contribution in [2.24, 2.45) is 0 Å². The third-order valence-electron chi connectivity index (χ3n) is 6.58. The Hall–Kier alpha value is -3.98. The summed E-state index contributed by atoms with van der Waals surface area (Å²) >= 11 is 1.39. The number of ketones is 1. The molecule has 3 aromatic rings. The maximum absolute atomic E-state index is 12.8. The van der Waals surface area contributed by atoms with Crippen molar-refractivity contribution in [3.05, 3.63) is 81.7 Å². The standard InChI is InChI=1S/C30H31NO7S/c1-3-37-30(35)28-23-13-12-20(19-8-5-4-6-9-19)17-25(23)39-29(28)31-26(33)14-15-27(34)38-18-24(32)21-10-7-11-22(16-21)36-2/h4-11,16,20H,3,12-15,17-18H2,1-2H3,(H,31,33). The second kappa shape index (κ2) is 13.2. The van der Waals surface area contributed by atoms with E-state index >= 15 is 0 Å². The summed E-state index contributed by atoms with van der Waals surface area (Å²) in [5, 5.41) is 3.25. The normalized spacial score (nSPS) is 14.2. The van der Waals surface area contributed by atoms with Crippen LogP contribution in [0.15, 0.2) is 54.6 Å². The van der Waals surface area contributed by atoms with Gasteiger partial charge in [0.05, 0.1) is 25.7 Å². The van der Waals surface area contributed by atoms with E-state index in [9.17, 15) is 19.2 Å². The first-order chi connectivity index (χ1) is 18.9. The highest BCUT2D eigenvalue weighted by atomic mass is 32.1. The molecule has 2 aromatic carbocycles. The van der Waals surface area contributed by atoms with Gasteiger partial charge in [-0.05, 0) is 55.4 Å².